The molecular weight excluding hydrogens is 182 g/mol. The molecule has 2 atom stereocenters. The fourth-order valence-electron chi connectivity index (χ4n) is 1.31. The number of esters is 1. The molecule has 1 aliphatic heterocycles. The van der Waals surface area contributed by atoms with Crippen molar-refractivity contribution in [3.63, 3.8) is 0 Å². The number of hydrogen-bond donors (Lipinski definition) is 1. The molecule has 1 saturated heterocycles. The molecule has 4 nitrogen and oxygen atoms in total. The zero-order valence-corrected chi connectivity index (χ0v) is 9.08. The van der Waals surface area contributed by atoms with E-state index in [-0.39, 0.29) is 12.0 Å². The van der Waals surface area contributed by atoms with Gasteiger partial charge < -0.3 is 15.2 Å². The van der Waals surface area contributed by atoms with Gasteiger partial charge in [0.2, 0.25) is 0 Å². The summed E-state index contributed by atoms with van der Waals surface area (Å²) in [5, 5.41) is 0. The van der Waals surface area contributed by atoms with Crippen molar-refractivity contribution >= 4 is 5.97 Å². The lowest BCUT2D eigenvalue weighted by Crippen LogP contribution is -2.45. The van der Waals surface area contributed by atoms with Crippen LogP contribution < -0.4 is 5.73 Å². The first-order valence-corrected chi connectivity index (χ1v) is 4.97. The first kappa shape index (κ1) is 11.5. The van der Waals surface area contributed by atoms with Crippen LogP contribution in [-0.2, 0) is 14.3 Å². The second kappa shape index (κ2) is 4.28. The van der Waals surface area contributed by atoms with Crippen LogP contribution in [-0.4, -0.2) is 31.8 Å². The van der Waals surface area contributed by atoms with E-state index in [2.05, 4.69) is 0 Å². The van der Waals surface area contributed by atoms with Gasteiger partial charge in [0.05, 0.1) is 19.8 Å². The topological polar surface area (TPSA) is 61.5 Å². The Morgan fingerprint density at radius 2 is 2.36 bits per heavy atom. The Balaban J connectivity index is 2.50. The van der Waals surface area contributed by atoms with Crippen LogP contribution in [0.4, 0.5) is 0 Å². The minimum absolute atomic E-state index is 0.240. The molecule has 0 aromatic heterocycles. The summed E-state index contributed by atoms with van der Waals surface area (Å²) < 4.78 is 10.3. The van der Waals surface area contributed by atoms with E-state index in [1.54, 1.807) is 6.92 Å². The molecule has 1 fully saturated rings. The molecule has 0 saturated carbocycles. The summed E-state index contributed by atoms with van der Waals surface area (Å²) in [5.41, 5.74) is 5.14. The molecular formula is C10H19NO3. The number of ether oxygens (including phenoxy) is 2. The number of rotatable bonds is 3. The van der Waals surface area contributed by atoms with Crippen molar-refractivity contribution < 1.29 is 14.3 Å². The predicted octanol–water partition coefficient (Wildman–Crippen LogP) is 0.549. The van der Waals surface area contributed by atoms with E-state index >= 15 is 0 Å². The van der Waals surface area contributed by atoms with Gasteiger partial charge in [0.1, 0.15) is 5.41 Å². The second-order valence-electron chi connectivity index (χ2n) is 4.53. The molecule has 1 heterocycles. The first-order valence-electron chi connectivity index (χ1n) is 4.97. The average molecular weight is 201 g/mol. The van der Waals surface area contributed by atoms with Gasteiger partial charge in [-0.25, -0.2) is 0 Å². The van der Waals surface area contributed by atoms with E-state index in [1.807, 2.05) is 13.8 Å². The highest BCUT2D eigenvalue weighted by Crippen LogP contribution is 2.28. The van der Waals surface area contributed by atoms with Crippen molar-refractivity contribution in [3.8, 4) is 0 Å². The first-order chi connectivity index (χ1) is 6.47. The summed E-state index contributed by atoms with van der Waals surface area (Å²) in [6, 6.07) is -0.248. The van der Waals surface area contributed by atoms with Gasteiger partial charge >= 0.3 is 5.97 Å². The molecule has 0 radical (unpaired) electrons. The summed E-state index contributed by atoms with van der Waals surface area (Å²) in [6.07, 6.45) is 0. The van der Waals surface area contributed by atoms with E-state index < -0.39 is 5.41 Å². The van der Waals surface area contributed by atoms with Crippen molar-refractivity contribution in [2.24, 2.45) is 17.1 Å². The smallest absolute Gasteiger partial charge is 0.315 e. The third-order valence-electron chi connectivity index (χ3n) is 2.53. The van der Waals surface area contributed by atoms with Crippen LogP contribution in [0.5, 0.6) is 0 Å². The van der Waals surface area contributed by atoms with Gasteiger partial charge in [-0.15, -0.1) is 0 Å². The maximum atomic E-state index is 11.7. The van der Waals surface area contributed by atoms with Crippen molar-refractivity contribution in [1.82, 2.24) is 0 Å². The Bertz CT molecular complexity index is 217. The van der Waals surface area contributed by atoms with Gasteiger partial charge in [-0.3, -0.25) is 4.79 Å². The van der Waals surface area contributed by atoms with E-state index in [4.69, 9.17) is 15.2 Å². The summed E-state index contributed by atoms with van der Waals surface area (Å²) >= 11 is 0. The molecule has 4 heteroatoms. The van der Waals surface area contributed by atoms with E-state index in [0.717, 1.165) is 0 Å². The number of carbonyl (C=O) groups is 1. The Hall–Kier alpha value is -0.610. The zero-order valence-electron chi connectivity index (χ0n) is 9.08. The van der Waals surface area contributed by atoms with E-state index in [9.17, 15) is 4.79 Å². The van der Waals surface area contributed by atoms with Gasteiger partial charge in [-0.1, -0.05) is 13.8 Å². The highest BCUT2D eigenvalue weighted by atomic mass is 16.5. The monoisotopic (exact) mass is 201 g/mol. The van der Waals surface area contributed by atoms with Crippen LogP contribution in [0.3, 0.4) is 0 Å². The molecule has 1 aliphatic rings. The van der Waals surface area contributed by atoms with Gasteiger partial charge in [0, 0.05) is 6.04 Å². The third kappa shape index (κ3) is 2.25. The van der Waals surface area contributed by atoms with Crippen LogP contribution >= 0.6 is 0 Å². The molecule has 0 aromatic rings. The largest absolute Gasteiger partial charge is 0.465 e. The quantitative estimate of drug-likeness (QED) is 0.677. The molecule has 82 valence electrons. The number of nitrogens with two attached hydrogens (primary N) is 1. The Morgan fingerprint density at radius 1 is 1.71 bits per heavy atom. The van der Waals surface area contributed by atoms with Crippen LogP contribution in [0.15, 0.2) is 0 Å². The maximum Gasteiger partial charge on any atom is 0.315 e. The molecule has 2 N–H and O–H groups in total. The maximum absolute atomic E-state index is 11.7. The van der Waals surface area contributed by atoms with E-state index in [0.29, 0.717) is 25.7 Å². The predicted molar refractivity (Wildman–Crippen MR) is 52.7 cm³/mol. The molecule has 0 amide bonds. The van der Waals surface area contributed by atoms with Crippen molar-refractivity contribution in [2.45, 2.75) is 26.8 Å². The van der Waals surface area contributed by atoms with Crippen LogP contribution in [0, 0.1) is 11.3 Å². The Kier molecular flexibility index (Phi) is 3.50. The van der Waals surface area contributed by atoms with Gasteiger partial charge in [-0.2, -0.15) is 0 Å². The van der Waals surface area contributed by atoms with Crippen molar-refractivity contribution in [2.75, 3.05) is 19.8 Å². The van der Waals surface area contributed by atoms with Gasteiger partial charge in [0.25, 0.3) is 0 Å². The molecule has 0 aromatic carbocycles. The molecule has 1 rings (SSSR count). The Labute approximate surface area is 84.7 Å². The lowest BCUT2D eigenvalue weighted by atomic mass is 9.86. The molecule has 0 spiro atoms. The fraction of sp³-hybridized carbons (Fsp3) is 0.900. The van der Waals surface area contributed by atoms with Crippen LogP contribution in [0.25, 0.3) is 0 Å². The number of carbonyl (C=O) groups excluding carboxylic acids is 1. The summed E-state index contributed by atoms with van der Waals surface area (Å²) in [6.45, 7) is 7.05. The van der Waals surface area contributed by atoms with Gasteiger partial charge in [0.15, 0.2) is 0 Å². The Morgan fingerprint density at radius 3 is 2.79 bits per heavy atom. The van der Waals surface area contributed by atoms with Crippen molar-refractivity contribution in [3.05, 3.63) is 0 Å². The summed E-state index contributed by atoms with van der Waals surface area (Å²) in [7, 11) is 0. The number of hydrogen-bond acceptors (Lipinski definition) is 4. The second-order valence-corrected chi connectivity index (χ2v) is 4.53. The normalized spacial score (nSPS) is 32.2. The highest BCUT2D eigenvalue weighted by molar-refractivity contribution is 5.78. The van der Waals surface area contributed by atoms with Gasteiger partial charge in [-0.05, 0) is 12.8 Å². The zero-order chi connectivity index (χ0) is 10.8. The molecule has 0 bridgehead atoms. The standard InChI is InChI=1S/C10H19NO3/c1-7(2)4-14-9(12)10(3)6-13-5-8(10)11/h7-8H,4-6,11H2,1-3H3. The molecule has 0 aliphatic carbocycles. The lowest BCUT2D eigenvalue weighted by Gasteiger charge is -2.24. The highest BCUT2D eigenvalue weighted by Gasteiger charge is 2.45. The molecule has 2 unspecified atom stereocenters. The minimum atomic E-state index is -0.658. The third-order valence-corrected chi connectivity index (χ3v) is 2.53. The SMILES string of the molecule is CC(C)COC(=O)C1(C)COCC1N. The fourth-order valence-corrected chi connectivity index (χ4v) is 1.31. The van der Waals surface area contributed by atoms with Crippen LogP contribution in [0.1, 0.15) is 20.8 Å². The average Bonchev–Trinajstić information content (AvgIpc) is 2.44. The lowest BCUT2D eigenvalue weighted by molar-refractivity contribution is -0.156. The van der Waals surface area contributed by atoms with Crippen molar-refractivity contribution in [1.29, 1.82) is 0 Å². The van der Waals surface area contributed by atoms with E-state index in [1.165, 1.54) is 0 Å². The summed E-state index contributed by atoms with van der Waals surface area (Å²) in [4.78, 5) is 11.7. The van der Waals surface area contributed by atoms with Crippen LogP contribution in [0.2, 0.25) is 0 Å². The summed E-state index contributed by atoms with van der Waals surface area (Å²) in [5.74, 6) is 0.109. The minimum Gasteiger partial charge on any atom is -0.465 e. The molecule has 14 heavy (non-hydrogen) atoms.